The van der Waals surface area contributed by atoms with Gasteiger partial charge in [0.15, 0.2) is 0 Å². The van der Waals surface area contributed by atoms with Gasteiger partial charge in [-0.1, -0.05) is 13.0 Å². The van der Waals surface area contributed by atoms with E-state index in [-0.39, 0.29) is 19.1 Å². The Hall–Kier alpha value is -2.08. The molecule has 1 aliphatic heterocycles. The number of ether oxygens (including phenoxy) is 1. The molecule has 1 unspecified atom stereocenters. The van der Waals surface area contributed by atoms with Crippen LogP contribution in [0.1, 0.15) is 31.9 Å². The van der Waals surface area contributed by atoms with Gasteiger partial charge in [-0.25, -0.2) is 4.79 Å². The minimum Gasteiger partial charge on any atom is -0.491 e. The van der Waals surface area contributed by atoms with Crippen LogP contribution in [-0.4, -0.2) is 46.7 Å². The van der Waals surface area contributed by atoms with Gasteiger partial charge < -0.3 is 15.2 Å². The number of rotatable bonds is 6. The average Bonchev–Trinajstić information content (AvgIpc) is 2.66. The number of nitrogens with zero attached hydrogens (tertiary/aromatic N) is 1. The second-order valence-electron chi connectivity index (χ2n) is 6.44. The van der Waals surface area contributed by atoms with Crippen molar-refractivity contribution in [3.63, 3.8) is 0 Å². The van der Waals surface area contributed by atoms with Gasteiger partial charge in [0.1, 0.15) is 24.0 Å². The minimum absolute atomic E-state index is 0.0180. The number of hydrogen-bond donors (Lipinski definition) is 2. The molecule has 0 radical (unpaired) electrons. The number of β-amino-alcohol motifs (C(OH)–C–C–N with tert-alkyl or cyclic N) is 1. The minimum atomic E-state index is -0.941. The number of hydrogen-bond acceptors (Lipinski definition) is 4. The summed E-state index contributed by atoms with van der Waals surface area (Å²) in [4.78, 5) is 24.9. The molecule has 2 rings (SSSR count). The molecule has 1 aromatic carbocycles. The Bertz CT molecular complexity index is 613. The van der Waals surface area contributed by atoms with Crippen LogP contribution in [0.25, 0.3) is 0 Å². The van der Waals surface area contributed by atoms with Crippen molar-refractivity contribution in [3.05, 3.63) is 29.3 Å². The van der Waals surface area contributed by atoms with Gasteiger partial charge in [-0.05, 0) is 50.5 Å². The normalized spacial score (nSPS) is 18.0. The monoisotopic (exact) mass is 320 g/mol. The molecule has 23 heavy (non-hydrogen) atoms. The van der Waals surface area contributed by atoms with E-state index < -0.39 is 17.7 Å². The van der Waals surface area contributed by atoms with Crippen LogP contribution in [0.3, 0.4) is 0 Å². The molecule has 1 fully saturated rings. The molecular formula is C17H24N2O4. The summed E-state index contributed by atoms with van der Waals surface area (Å²) in [5.41, 5.74) is 1.32. The van der Waals surface area contributed by atoms with Gasteiger partial charge in [-0.2, -0.15) is 0 Å². The summed E-state index contributed by atoms with van der Waals surface area (Å²) in [7, 11) is 0. The lowest BCUT2D eigenvalue weighted by Gasteiger charge is -2.19. The largest absolute Gasteiger partial charge is 0.491 e. The molecule has 1 saturated heterocycles. The number of imide groups is 1. The maximum atomic E-state index is 12.1. The van der Waals surface area contributed by atoms with Crippen LogP contribution in [-0.2, 0) is 11.2 Å². The van der Waals surface area contributed by atoms with E-state index in [2.05, 4.69) is 18.3 Å². The zero-order chi connectivity index (χ0) is 17.2. The van der Waals surface area contributed by atoms with E-state index in [0.29, 0.717) is 5.75 Å². The van der Waals surface area contributed by atoms with Crippen molar-refractivity contribution in [1.82, 2.24) is 10.2 Å². The molecule has 0 bridgehead atoms. The number of benzene rings is 1. The third kappa shape index (κ3) is 4.01. The quantitative estimate of drug-likeness (QED) is 0.781. The molecule has 1 aromatic rings. The first-order chi connectivity index (χ1) is 10.7. The van der Waals surface area contributed by atoms with E-state index >= 15 is 0 Å². The number of aryl methyl sites for hydroxylation is 2. The fourth-order valence-electron chi connectivity index (χ4n) is 2.55. The maximum absolute atomic E-state index is 12.1. The highest BCUT2D eigenvalue weighted by atomic mass is 16.5. The van der Waals surface area contributed by atoms with E-state index in [1.807, 2.05) is 19.1 Å². The highest BCUT2D eigenvalue weighted by molar-refractivity contribution is 6.06. The van der Waals surface area contributed by atoms with Gasteiger partial charge in [0.05, 0.1) is 6.54 Å². The van der Waals surface area contributed by atoms with Crippen LogP contribution < -0.4 is 10.1 Å². The van der Waals surface area contributed by atoms with Crippen molar-refractivity contribution < 1.29 is 19.4 Å². The molecule has 1 aliphatic rings. The zero-order valence-electron chi connectivity index (χ0n) is 14.0. The summed E-state index contributed by atoms with van der Waals surface area (Å²) >= 11 is 0. The Balaban J connectivity index is 1.93. The first-order valence-electron chi connectivity index (χ1n) is 7.78. The first-order valence-corrected chi connectivity index (χ1v) is 7.78. The molecule has 2 N–H and O–H groups in total. The number of urea groups is 1. The molecule has 0 saturated carbocycles. The number of carbonyl (C=O) groups is 2. The number of aliphatic hydroxyl groups excluding tert-OH is 1. The SMILES string of the molecule is CCc1cc(C)cc(OCC(O)CN2C(=O)NC(C)(C)C2=O)c1. The Morgan fingerprint density at radius 1 is 1.30 bits per heavy atom. The molecule has 126 valence electrons. The van der Waals surface area contributed by atoms with Gasteiger partial charge in [0.25, 0.3) is 5.91 Å². The Morgan fingerprint density at radius 3 is 2.57 bits per heavy atom. The molecule has 0 aliphatic carbocycles. The smallest absolute Gasteiger partial charge is 0.325 e. The van der Waals surface area contributed by atoms with Crippen molar-refractivity contribution >= 4 is 11.9 Å². The molecule has 0 spiro atoms. The van der Waals surface area contributed by atoms with E-state index in [1.54, 1.807) is 13.8 Å². The van der Waals surface area contributed by atoms with Gasteiger partial charge in [0.2, 0.25) is 0 Å². The highest BCUT2D eigenvalue weighted by Crippen LogP contribution is 2.19. The van der Waals surface area contributed by atoms with E-state index in [4.69, 9.17) is 4.74 Å². The van der Waals surface area contributed by atoms with Crippen LogP contribution >= 0.6 is 0 Å². The van der Waals surface area contributed by atoms with Crippen LogP contribution in [0, 0.1) is 6.92 Å². The summed E-state index contributed by atoms with van der Waals surface area (Å²) in [6.07, 6.45) is -0.0396. The van der Waals surface area contributed by atoms with Crippen molar-refractivity contribution in [2.75, 3.05) is 13.2 Å². The van der Waals surface area contributed by atoms with E-state index in [9.17, 15) is 14.7 Å². The number of aliphatic hydroxyl groups is 1. The number of nitrogens with one attached hydrogen (secondary N) is 1. The van der Waals surface area contributed by atoms with Crippen LogP contribution in [0.4, 0.5) is 4.79 Å². The lowest BCUT2D eigenvalue weighted by molar-refractivity contribution is -0.131. The Kier molecular flexibility index (Phi) is 4.94. The predicted molar refractivity (Wildman–Crippen MR) is 86.4 cm³/mol. The van der Waals surface area contributed by atoms with Gasteiger partial charge >= 0.3 is 6.03 Å². The molecule has 1 heterocycles. The molecule has 6 nitrogen and oxygen atoms in total. The lowest BCUT2D eigenvalue weighted by atomic mass is 10.1. The second-order valence-corrected chi connectivity index (χ2v) is 6.44. The molecule has 0 aromatic heterocycles. The topological polar surface area (TPSA) is 78.9 Å². The summed E-state index contributed by atoms with van der Waals surface area (Å²) in [6.45, 7) is 7.25. The van der Waals surface area contributed by atoms with Crippen LogP contribution in [0.15, 0.2) is 18.2 Å². The van der Waals surface area contributed by atoms with Gasteiger partial charge in [0, 0.05) is 0 Å². The van der Waals surface area contributed by atoms with Crippen LogP contribution in [0.5, 0.6) is 5.75 Å². The Morgan fingerprint density at radius 2 is 2.00 bits per heavy atom. The average molecular weight is 320 g/mol. The first kappa shape index (κ1) is 17.3. The summed E-state index contributed by atoms with van der Waals surface area (Å²) in [5, 5.41) is 12.7. The molecule has 1 atom stereocenters. The number of carbonyl (C=O) groups excluding carboxylic acids is 2. The predicted octanol–water partition coefficient (Wildman–Crippen LogP) is 1.63. The van der Waals surface area contributed by atoms with Crippen molar-refractivity contribution in [2.24, 2.45) is 0 Å². The van der Waals surface area contributed by atoms with Crippen molar-refractivity contribution in [3.8, 4) is 5.75 Å². The molecular weight excluding hydrogens is 296 g/mol. The summed E-state index contributed by atoms with van der Waals surface area (Å²) in [6, 6.07) is 5.42. The van der Waals surface area contributed by atoms with E-state index in [0.717, 1.165) is 22.4 Å². The fourth-order valence-corrected chi connectivity index (χ4v) is 2.55. The maximum Gasteiger partial charge on any atom is 0.325 e. The fraction of sp³-hybridized carbons (Fsp3) is 0.529. The van der Waals surface area contributed by atoms with Crippen molar-refractivity contribution in [2.45, 2.75) is 45.8 Å². The Labute approximate surface area is 136 Å². The highest BCUT2D eigenvalue weighted by Gasteiger charge is 2.44. The standard InChI is InChI=1S/C17H24N2O4/c1-5-12-6-11(2)7-14(8-12)23-10-13(20)9-19-15(21)17(3,4)18-16(19)22/h6-8,13,20H,5,9-10H2,1-4H3,(H,18,22). The van der Waals surface area contributed by atoms with Crippen LogP contribution in [0.2, 0.25) is 0 Å². The zero-order valence-corrected chi connectivity index (χ0v) is 14.0. The van der Waals surface area contributed by atoms with Crippen molar-refractivity contribution in [1.29, 1.82) is 0 Å². The van der Waals surface area contributed by atoms with Gasteiger partial charge in [-0.15, -0.1) is 0 Å². The number of amides is 3. The van der Waals surface area contributed by atoms with Gasteiger partial charge in [-0.3, -0.25) is 9.69 Å². The van der Waals surface area contributed by atoms with E-state index in [1.165, 1.54) is 0 Å². The summed E-state index contributed by atoms with van der Waals surface area (Å²) < 4.78 is 5.60. The molecule has 3 amide bonds. The lowest BCUT2D eigenvalue weighted by Crippen LogP contribution is -2.42. The third-order valence-electron chi connectivity index (χ3n) is 3.80. The second kappa shape index (κ2) is 6.58. The molecule has 6 heteroatoms. The third-order valence-corrected chi connectivity index (χ3v) is 3.80. The summed E-state index contributed by atoms with van der Waals surface area (Å²) in [5.74, 6) is 0.337.